The Labute approximate surface area is 119 Å². The van der Waals surface area contributed by atoms with E-state index in [2.05, 4.69) is 17.0 Å². The van der Waals surface area contributed by atoms with Crippen LogP contribution >= 0.6 is 23.5 Å². The highest BCUT2D eigenvalue weighted by Gasteiger charge is 2.22. The minimum Gasteiger partial charge on any atom is -0.315 e. The van der Waals surface area contributed by atoms with E-state index in [0.717, 1.165) is 24.5 Å². The summed E-state index contributed by atoms with van der Waals surface area (Å²) in [5.41, 5.74) is 0. The van der Waals surface area contributed by atoms with Crippen molar-refractivity contribution in [1.29, 1.82) is 0 Å². The van der Waals surface area contributed by atoms with Crippen LogP contribution in [0.15, 0.2) is 0 Å². The van der Waals surface area contributed by atoms with Crippen LogP contribution in [0, 0.1) is 0 Å². The molecule has 1 fully saturated rings. The van der Waals surface area contributed by atoms with Crippen molar-refractivity contribution in [2.45, 2.75) is 30.8 Å². The number of hydrogen-bond donors (Lipinski definition) is 2. The van der Waals surface area contributed by atoms with Crippen molar-refractivity contribution in [3.63, 3.8) is 0 Å². The van der Waals surface area contributed by atoms with Crippen LogP contribution in [0.1, 0.15) is 20.3 Å². The zero-order chi connectivity index (χ0) is 13.4. The Hall–Kier alpha value is 0.570. The normalized spacial score (nSPS) is 22.9. The highest BCUT2D eigenvalue weighted by atomic mass is 32.2. The molecule has 0 spiro atoms. The molecule has 1 aliphatic rings. The quantitative estimate of drug-likeness (QED) is 0.658. The van der Waals surface area contributed by atoms with Gasteiger partial charge in [-0.3, -0.25) is 0 Å². The highest BCUT2D eigenvalue weighted by Crippen LogP contribution is 2.23. The molecule has 0 radical (unpaired) electrons. The third kappa shape index (κ3) is 6.14. The van der Waals surface area contributed by atoms with Gasteiger partial charge >= 0.3 is 0 Å². The second-order valence-electron chi connectivity index (χ2n) is 4.48. The van der Waals surface area contributed by atoms with Gasteiger partial charge in [-0.1, -0.05) is 6.92 Å². The summed E-state index contributed by atoms with van der Waals surface area (Å²) in [6.45, 7) is 5.79. The van der Waals surface area contributed by atoms with E-state index in [1.807, 2.05) is 23.5 Å². The van der Waals surface area contributed by atoms with Crippen LogP contribution in [-0.2, 0) is 10.0 Å². The van der Waals surface area contributed by atoms with Gasteiger partial charge in [-0.05, 0) is 19.9 Å². The number of sulfonamides is 1. The maximum absolute atomic E-state index is 12.0. The summed E-state index contributed by atoms with van der Waals surface area (Å²) in [5.74, 6) is 3.37. The average Bonchev–Trinajstić information content (AvgIpc) is 2.38. The molecule has 0 saturated carbocycles. The lowest BCUT2D eigenvalue weighted by Gasteiger charge is -2.22. The molecule has 4 nitrogen and oxygen atoms in total. The van der Waals surface area contributed by atoms with E-state index in [4.69, 9.17) is 0 Å². The predicted molar refractivity (Wildman–Crippen MR) is 83.1 cm³/mol. The molecular formula is C11H24N2O2S3. The van der Waals surface area contributed by atoms with Crippen LogP contribution in [0.2, 0.25) is 0 Å². The Kier molecular flexibility index (Phi) is 8.02. The summed E-state index contributed by atoms with van der Waals surface area (Å²) in [4.78, 5) is 0. The monoisotopic (exact) mass is 312 g/mol. The standard InChI is InChI=1S/C11H24N2O2S3/c1-3-4-12-7-10(2)18(14,15)13-8-11-9-16-5-6-17-11/h10-13H,3-9H2,1-2H3. The van der Waals surface area contributed by atoms with Crippen molar-refractivity contribution in [1.82, 2.24) is 10.0 Å². The zero-order valence-corrected chi connectivity index (χ0v) is 13.6. The van der Waals surface area contributed by atoms with Crippen molar-refractivity contribution in [3.8, 4) is 0 Å². The fourth-order valence-electron chi connectivity index (χ4n) is 1.60. The molecule has 1 aliphatic heterocycles. The predicted octanol–water partition coefficient (Wildman–Crippen LogP) is 1.14. The van der Waals surface area contributed by atoms with E-state index in [0.29, 0.717) is 18.3 Å². The van der Waals surface area contributed by atoms with Gasteiger partial charge in [0.1, 0.15) is 0 Å². The summed E-state index contributed by atoms with van der Waals surface area (Å²) in [6, 6.07) is 0. The zero-order valence-electron chi connectivity index (χ0n) is 11.1. The van der Waals surface area contributed by atoms with Crippen molar-refractivity contribution in [3.05, 3.63) is 0 Å². The number of nitrogens with one attached hydrogen (secondary N) is 2. The molecule has 1 heterocycles. The second kappa shape index (κ2) is 8.68. The van der Waals surface area contributed by atoms with Gasteiger partial charge in [0, 0.05) is 35.6 Å². The lowest BCUT2D eigenvalue weighted by atomic mass is 10.4. The lowest BCUT2D eigenvalue weighted by Crippen LogP contribution is -2.42. The molecule has 0 aromatic heterocycles. The van der Waals surface area contributed by atoms with Crippen LogP contribution in [0.4, 0.5) is 0 Å². The Morgan fingerprint density at radius 3 is 2.78 bits per heavy atom. The van der Waals surface area contributed by atoms with Crippen molar-refractivity contribution < 1.29 is 8.42 Å². The van der Waals surface area contributed by atoms with Gasteiger partial charge in [0.2, 0.25) is 10.0 Å². The lowest BCUT2D eigenvalue weighted by molar-refractivity contribution is 0.557. The molecule has 18 heavy (non-hydrogen) atoms. The third-order valence-corrected chi connectivity index (χ3v) is 7.43. The average molecular weight is 313 g/mol. The van der Waals surface area contributed by atoms with E-state index in [1.54, 1.807) is 6.92 Å². The van der Waals surface area contributed by atoms with Gasteiger partial charge in [-0.25, -0.2) is 13.1 Å². The SMILES string of the molecule is CCCNCC(C)S(=O)(=O)NCC1CSCCS1. The largest absolute Gasteiger partial charge is 0.315 e. The van der Waals surface area contributed by atoms with E-state index >= 15 is 0 Å². The molecule has 2 atom stereocenters. The van der Waals surface area contributed by atoms with E-state index in [-0.39, 0.29) is 5.25 Å². The molecular weight excluding hydrogens is 288 g/mol. The fraction of sp³-hybridized carbons (Fsp3) is 1.00. The molecule has 1 saturated heterocycles. The summed E-state index contributed by atoms with van der Waals surface area (Å²) in [6.07, 6.45) is 1.02. The smallest absolute Gasteiger partial charge is 0.215 e. The molecule has 2 unspecified atom stereocenters. The molecule has 0 bridgehead atoms. The van der Waals surface area contributed by atoms with E-state index in [1.165, 1.54) is 5.75 Å². The summed E-state index contributed by atoms with van der Waals surface area (Å²) >= 11 is 3.78. The van der Waals surface area contributed by atoms with Crippen molar-refractivity contribution in [2.24, 2.45) is 0 Å². The molecule has 0 aromatic carbocycles. The molecule has 108 valence electrons. The minimum atomic E-state index is -3.18. The highest BCUT2D eigenvalue weighted by molar-refractivity contribution is 8.06. The van der Waals surface area contributed by atoms with Crippen LogP contribution in [0.25, 0.3) is 0 Å². The minimum absolute atomic E-state index is 0.370. The first-order valence-corrected chi connectivity index (χ1v) is 10.2. The molecule has 2 N–H and O–H groups in total. The Balaban J connectivity index is 2.28. The second-order valence-corrected chi connectivity index (χ2v) is 9.22. The Morgan fingerprint density at radius 1 is 1.39 bits per heavy atom. The van der Waals surface area contributed by atoms with Gasteiger partial charge in [0.05, 0.1) is 5.25 Å². The molecule has 0 aliphatic carbocycles. The van der Waals surface area contributed by atoms with Gasteiger partial charge < -0.3 is 5.32 Å². The molecule has 0 amide bonds. The van der Waals surface area contributed by atoms with Gasteiger partial charge in [-0.2, -0.15) is 23.5 Å². The topological polar surface area (TPSA) is 58.2 Å². The van der Waals surface area contributed by atoms with E-state index in [9.17, 15) is 8.42 Å². The Bertz CT molecular complexity index is 316. The first-order chi connectivity index (χ1) is 8.56. The fourth-order valence-corrected chi connectivity index (χ4v) is 5.37. The van der Waals surface area contributed by atoms with Crippen LogP contribution in [0.5, 0.6) is 0 Å². The maximum Gasteiger partial charge on any atom is 0.215 e. The van der Waals surface area contributed by atoms with E-state index < -0.39 is 10.0 Å². The van der Waals surface area contributed by atoms with Crippen LogP contribution in [-0.4, -0.2) is 55.8 Å². The molecule has 1 rings (SSSR count). The first-order valence-electron chi connectivity index (χ1n) is 6.44. The summed E-state index contributed by atoms with van der Waals surface area (Å²) < 4.78 is 26.8. The van der Waals surface area contributed by atoms with Gasteiger partial charge in [0.15, 0.2) is 0 Å². The summed E-state index contributed by atoms with van der Waals surface area (Å²) in [5, 5.41) is 3.21. The number of thioether (sulfide) groups is 2. The van der Waals surface area contributed by atoms with Gasteiger partial charge in [-0.15, -0.1) is 0 Å². The van der Waals surface area contributed by atoms with Crippen molar-refractivity contribution in [2.75, 3.05) is 36.9 Å². The van der Waals surface area contributed by atoms with Crippen molar-refractivity contribution >= 4 is 33.5 Å². The number of rotatable bonds is 8. The summed E-state index contributed by atoms with van der Waals surface area (Å²) in [7, 11) is -3.18. The number of hydrogen-bond acceptors (Lipinski definition) is 5. The maximum atomic E-state index is 12.0. The third-order valence-electron chi connectivity index (χ3n) is 2.79. The molecule has 0 aromatic rings. The van der Waals surface area contributed by atoms with Crippen LogP contribution < -0.4 is 10.0 Å². The van der Waals surface area contributed by atoms with Gasteiger partial charge in [0.25, 0.3) is 0 Å². The molecule has 7 heteroatoms. The Morgan fingerprint density at radius 2 is 2.17 bits per heavy atom. The first kappa shape index (κ1) is 16.6. The van der Waals surface area contributed by atoms with Crippen LogP contribution in [0.3, 0.4) is 0 Å².